The van der Waals surface area contributed by atoms with E-state index in [-0.39, 0.29) is 5.75 Å². The number of hydrogen-bond acceptors (Lipinski definition) is 6. The largest absolute Gasteiger partial charge is 0.497 e. The van der Waals surface area contributed by atoms with Gasteiger partial charge in [-0.2, -0.15) is 5.10 Å². The minimum atomic E-state index is -0.992. The van der Waals surface area contributed by atoms with E-state index < -0.39 is 17.8 Å². The van der Waals surface area contributed by atoms with E-state index in [1.165, 1.54) is 13.3 Å². The number of rotatable bonds is 6. The lowest BCUT2D eigenvalue weighted by atomic mass is 10.2. The molecule has 0 spiro atoms. The molecule has 0 unspecified atom stereocenters. The first kappa shape index (κ1) is 22.5. The average molecular weight is 452 g/mol. The van der Waals surface area contributed by atoms with Crippen molar-refractivity contribution in [1.82, 2.24) is 5.43 Å². The van der Waals surface area contributed by atoms with Gasteiger partial charge in [-0.3, -0.25) is 9.59 Å². The molecular weight excluding hydrogens is 434 g/mol. The second-order valence-corrected chi connectivity index (χ2v) is 6.70. The fourth-order valence-electron chi connectivity index (χ4n) is 2.52. The monoisotopic (exact) mass is 451 g/mol. The second-order valence-electron chi connectivity index (χ2n) is 6.29. The zero-order valence-corrected chi connectivity index (χ0v) is 17.6. The highest BCUT2D eigenvalue weighted by atomic mass is 35.5. The van der Waals surface area contributed by atoms with Gasteiger partial charge in [0, 0.05) is 5.56 Å². The number of nitrogens with zero attached hydrogens (tertiary/aromatic N) is 1. The maximum atomic E-state index is 12.4. The van der Waals surface area contributed by atoms with Crippen LogP contribution < -0.4 is 20.2 Å². The van der Waals surface area contributed by atoms with Crippen molar-refractivity contribution in [3.8, 4) is 11.5 Å². The number of hydrogen-bond donors (Lipinski definition) is 2. The summed E-state index contributed by atoms with van der Waals surface area (Å²) < 4.78 is 10.5. The van der Waals surface area contributed by atoms with E-state index in [1.54, 1.807) is 72.8 Å². The van der Waals surface area contributed by atoms with Crippen molar-refractivity contribution >= 4 is 41.3 Å². The summed E-state index contributed by atoms with van der Waals surface area (Å²) in [6.45, 7) is 0. The van der Waals surface area contributed by atoms with Gasteiger partial charge in [-0.15, -0.1) is 0 Å². The standard InChI is InChI=1S/C23H18ClN3O5/c1-31-17-12-10-15(11-13-17)23(30)32-20-9-5-2-6-16(20)14-25-27-22(29)21(28)26-19-8-4-3-7-18(19)24/h2-14H,1H3,(H,26,28)(H,27,29)/b25-14+. The van der Waals surface area contributed by atoms with Crippen LogP contribution in [0.2, 0.25) is 5.02 Å². The summed E-state index contributed by atoms with van der Waals surface area (Å²) >= 11 is 5.95. The molecule has 2 N–H and O–H groups in total. The fourth-order valence-corrected chi connectivity index (χ4v) is 2.70. The molecule has 0 bridgehead atoms. The first-order chi connectivity index (χ1) is 15.5. The summed E-state index contributed by atoms with van der Waals surface area (Å²) in [5.41, 5.74) is 3.17. The van der Waals surface area contributed by atoms with E-state index in [2.05, 4.69) is 15.8 Å². The second kappa shape index (κ2) is 10.7. The number of para-hydroxylation sites is 2. The van der Waals surface area contributed by atoms with Gasteiger partial charge in [0.15, 0.2) is 0 Å². The van der Waals surface area contributed by atoms with Gasteiger partial charge >= 0.3 is 17.8 Å². The summed E-state index contributed by atoms with van der Waals surface area (Å²) in [5.74, 6) is -1.66. The van der Waals surface area contributed by atoms with Crippen LogP contribution in [-0.4, -0.2) is 31.1 Å². The predicted molar refractivity (Wildman–Crippen MR) is 120 cm³/mol. The van der Waals surface area contributed by atoms with E-state index in [4.69, 9.17) is 21.1 Å². The van der Waals surface area contributed by atoms with Gasteiger partial charge in [0.05, 0.1) is 29.6 Å². The average Bonchev–Trinajstić information content (AvgIpc) is 2.81. The molecule has 0 fully saturated rings. The van der Waals surface area contributed by atoms with Crippen LogP contribution in [0.1, 0.15) is 15.9 Å². The molecule has 0 atom stereocenters. The molecule has 0 saturated heterocycles. The molecule has 3 aromatic rings. The molecule has 0 saturated carbocycles. The molecule has 3 rings (SSSR count). The summed E-state index contributed by atoms with van der Waals surface area (Å²) in [5, 5.41) is 6.45. The summed E-state index contributed by atoms with van der Waals surface area (Å²) in [6, 6.07) is 19.6. The zero-order valence-electron chi connectivity index (χ0n) is 16.9. The Balaban J connectivity index is 1.62. The molecule has 8 nitrogen and oxygen atoms in total. The van der Waals surface area contributed by atoms with E-state index in [1.807, 2.05) is 0 Å². The SMILES string of the molecule is COc1ccc(C(=O)Oc2ccccc2/C=N/NC(=O)C(=O)Nc2ccccc2Cl)cc1. The van der Waals surface area contributed by atoms with Crippen LogP contribution in [-0.2, 0) is 9.59 Å². The third-order valence-electron chi connectivity index (χ3n) is 4.15. The third kappa shape index (κ3) is 5.93. The Morgan fingerprint density at radius 3 is 2.31 bits per heavy atom. The van der Waals surface area contributed by atoms with Crippen molar-refractivity contribution in [2.24, 2.45) is 5.10 Å². The minimum Gasteiger partial charge on any atom is -0.497 e. The van der Waals surface area contributed by atoms with Gasteiger partial charge in [-0.25, -0.2) is 10.2 Å². The molecule has 2 amide bonds. The summed E-state index contributed by atoms with van der Waals surface area (Å²) in [6.07, 6.45) is 1.26. The molecule has 3 aromatic carbocycles. The molecule has 0 heterocycles. The number of benzene rings is 3. The van der Waals surface area contributed by atoms with E-state index >= 15 is 0 Å². The van der Waals surface area contributed by atoms with Crippen molar-refractivity contribution in [3.63, 3.8) is 0 Å². The lowest BCUT2D eigenvalue weighted by Gasteiger charge is -2.08. The number of carbonyl (C=O) groups is 3. The number of amides is 2. The smallest absolute Gasteiger partial charge is 0.343 e. The quantitative estimate of drug-likeness (QED) is 0.195. The minimum absolute atomic E-state index is 0.229. The Morgan fingerprint density at radius 1 is 0.906 bits per heavy atom. The molecule has 0 aliphatic heterocycles. The fraction of sp³-hybridized carbons (Fsp3) is 0.0435. The Labute approximate surface area is 188 Å². The van der Waals surface area contributed by atoms with Crippen molar-refractivity contribution in [2.75, 3.05) is 12.4 Å². The van der Waals surface area contributed by atoms with Crippen molar-refractivity contribution < 1.29 is 23.9 Å². The van der Waals surface area contributed by atoms with Gasteiger partial charge in [0.2, 0.25) is 0 Å². The number of carbonyl (C=O) groups excluding carboxylic acids is 3. The van der Waals surface area contributed by atoms with Crippen molar-refractivity contribution in [1.29, 1.82) is 0 Å². The van der Waals surface area contributed by atoms with Gasteiger partial charge < -0.3 is 14.8 Å². The van der Waals surface area contributed by atoms with Crippen LogP contribution in [0.3, 0.4) is 0 Å². The zero-order chi connectivity index (χ0) is 22.9. The number of esters is 1. The number of anilines is 1. The van der Waals surface area contributed by atoms with Crippen LogP contribution >= 0.6 is 11.6 Å². The number of nitrogens with one attached hydrogen (secondary N) is 2. The van der Waals surface area contributed by atoms with Gasteiger partial charge in [0.25, 0.3) is 0 Å². The van der Waals surface area contributed by atoms with Gasteiger partial charge in [-0.1, -0.05) is 35.9 Å². The molecule has 32 heavy (non-hydrogen) atoms. The molecule has 162 valence electrons. The number of methoxy groups -OCH3 is 1. The van der Waals surface area contributed by atoms with E-state index in [9.17, 15) is 14.4 Å². The number of hydrazone groups is 1. The van der Waals surface area contributed by atoms with Crippen molar-refractivity contribution in [2.45, 2.75) is 0 Å². The number of halogens is 1. The molecule has 0 radical (unpaired) electrons. The normalized spacial score (nSPS) is 10.4. The van der Waals surface area contributed by atoms with E-state index in [0.29, 0.717) is 27.6 Å². The third-order valence-corrected chi connectivity index (χ3v) is 4.47. The highest BCUT2D eigenvalue weighted by Gasteiger charge is 2.15. The van der Waals surface area contributed by atoms with Crippen LogP contribution in [0.5, 0.6) is 11.5 Å². The maximum Gasteiger partial charge on any atom is 0.343 e. The molecular formula is C23H18ClN3O5. The Kier molecular flexibility index (Phi) is 7.55. The number of ether oxygens (including phenoxy) is 2. The highest BCUT2D eigenvalue weighted by molar-refractivity contribution is 6.41. The van der Waals surface area contributed by atoms with Gasteiger partial charge in [-0.05, 0) is 48.5 Å². The highest BCUT2D eigenvalue weighted by Crippen LogP contribution is 2.20. The summed E-state index contributed by atoms with van der Waals surface area (Å²) in [4.78, 5) is 36.4. The molecule has 0 aliphatic rings. The first-order valence-corrected chi connectivity index (χ1v) is 9.70. The van der Waals surface area contributed by atoms with Crippen LogP contribution in [0.15, 0.2) is 77.9 Å². The van der Waals surface area contributed by atoms with E-state index in [0.717, 1.165) is 0 Å². The molecule has 0 aliphatic carbocycles. The van der Waals surface area contributed by atoms with Crippen LogP contribution in [0.25, 0.3) is 0 Å². The lowest BCUT2D eigenvalue weighted by molar-refractivity contribution is -0.136. The Morgan fingerprint density at radius 2 is 1.59 bits per heavy atom. The maximum absolute atomic E-state index is 12.4. The topological polar surface area (TPSA) is 106 Å². The Bertz CT molecular complexity index is 1160. The Hall–Kier alpha value is -4.17. The van der Waals surface area contributed by atoms with Crippen molar-refractivity contribution in [3.05, 3.63) is 88.9 Å². The predicted octanol–water partition coefficient (Wildman–Crippen LogP) is 3.66. The lowest BCUT2D eigenvalue weighted by Crippen LogP contribution is -2.32. The first-order valence-electron chi connectivity index (χ1n) is 9.32. The van der Waals surface area contributed by atoms with Gasteiger partial charge in [0.1, 0.15) is 11.5 Å². The van der Waals surface area contributed by atoms with Crippen LogP contribution in [0, 0.1) is 0 Å². The molecule has 9 heteroatoms. The summed E-state index contributed by atoms with van der Waals surface area (Å²) in [7, 11) is 1.53. The molecule has 0 aromatic heterocycles. The van der Waals surface area contributed by atoms with Crippen LogP contribution in [0.4, 0.5) is 5.69 Å².